The van der Waals surface area contributed by atoms with E-state index >= 15 is 0 Å². The second-order valence-corrected chi connectivity index (χ2v) is 6.68. The molecule has 1 aliphatic rings. The number of amides is 1. The van der Waals surface area contributed by atoms with Gasteiger partial charge in [0.15, 0.2) is 0 Å². The first-order chi connectivity index (χ1) is 11.2. The minimum absolute atomic E-state index is 0.128. The Hall–Kier alpha value is -1.60. The minimum Gasteiger partial charge on any atom is -0.491 e. The molecule has 1 amide bonds. The van der Waals surface area contributed by atoms with Crippen molar-refractivity contribution >= 4 is 34.2 Å². The Balaban J connectivity index is 1.55. The number of hydrogen-bond acceptors (Lipinski definition) is 3. The van der Waals surface area contributed by atoms with Crippen LogP contribution in [0, 0.1) is 3.57 Å². The summed E-state index contributed by atoms with van der Waals surface area (Å²) < 4.78 is 12.4. The Morgan fingerprint density at radius 3 is 2.57 bits per heavy atom. The van der Waals surface area contributed by atoms with Crippen LogP contribution in [0.25, 0.3) is 0 Å². The fourth-order valence-corrected chi connectivity index (χ4v) is 2.76. The van der Waals surface area contributed by atoms with E-state index in [0.29, 0.717) is 12.2 Å². The number of carbonyl (C=O) groups excluding carboxylic acids is 1. The van der Waals surface area contributed by atoms with Gasteiger partial charge in [-0.1, -0.05) is 0 Å². The molecule has 0 bridgehead atoms. The van der Waals surface area contributed by atoms with Crippen molar-refractivity contribution in [1.82, 2.24) is 0 Å². The second kappa shape index (κ2) is 7.79. The second-order valence-electron chi connectivity index (χ2n) is 5.43. The smallest absolute Gasteiger partial charge is 0.255 e. The van der Waals surface area contributed by atoms with Gasteiger partial charge in [0.05, 0.1) is 6.10 Å². The van der Waals surface area contributed by atoms with Crippen LogP contribution in [0.4, 0.5) is 5.69 Å². The standard InChI is InChI=1S/C18H18INO3/c19-14-5-7-15(8-6-14)20-18(21)13-3-9-16(10-4-13)23-12-17-2-1-11-22-17/h3-10,17H,1-2,11-12H2,(H,20,21)/t17-/m0/s1. The van der Waals surface area contributed by atoms with Crippen molar-refractivity contribution in [3.8, 4) is 5.75 Å². The number of nitrogens with one attached hydrogen (secondary N) is 1. The van der Waals surface area contributed by atoms with Gasteiger partial charge in [-0.15, -0.1) is 0 Å². The molecule has 2 aromatic rings. The number of halogens is 1. The van der Waals surface area contributed by atoms with Gasteiger partial charge >= 0.3 is 0 Å². The zero-order chi connectivity index (χ0) is 16.1. The van der Waals surface area contributed by atoms with E-state index in [1.807, 2.05) is 36.4 Å². The van der Waals surface area contributed by atoms with Crippen LogP contribution in [-0.4, -0.2) is 25.2 Å². The van der Waals surface area contributed by atoms with Gasteiger partial charge in [-0.2, -0.15) is 0 Å². The first-order valence-electron chi connectivity index (χ1n) is 7.62. The highest BCUT2D eigenvalue weighted by Crippen LogP contribution is 2.18. The molecule has 0 radical (unpaired) electrons. The monoisotopic (exact) mass is 423 g/mol. The molecule has 0 aromatic heterocycles. The highest BCUT2D eigenvalue weighted by atomic mass is 127. The summed E-state index contributed by atoms with van der Waals surface area (Å²) in [5, 5.41) is 2.88. The van der Waals surface area contributed by atoms with Crippen LogP contribution < -0.4 is 10.1 Å². The van der Waals surface area contributed by atoms with E-state index in [1.54, 1.807) is 12.1 Å². The quantitative estimate of drug-likeness (QED) is 0.737. The molecule has 0 aliphatic carbocycles. The molecule has 3 rings (SSSR count). The molecule has 5 heteroatoms. The Morgan fingerprint density at radius 2 is 1.91 bits per heavy atom. The van der Waals surface area contributed by atoms with Crippen LogP contribution in [0.1, 0.15) is 23.2 Å². The number of carbonyl (C=O) groups is 1. The van der Waals surface area contributed by atoms with Gasteiger partial charge in [-0.25, -0.2) is 0 Å². The molecule has 1 atom stereocenters. The van der Waals surface area contributed by atoms with Gasteiger partial charge in [0.2, 0.25) is 0 Å². The molecular weight excluding hydrogens is 405 g/mol. The van der Waals surface area contributed by atoms with E-state index in [4.69, 9.17) is 9.47 Å². The summed E-state index contributed by atoms with van der Waals surface area (Å²) in [6.07, 6.45) is 2.35. The first-order valence-corrected chi connectivity index (χ1v) is 8.70. The molecule has 0 spiro atoms. The Labute approximate surface area is 149 Å². The molecule has 0 unspecified atom stereocenters. The van der Waals surface area contributed by atoms with Crippen LogP contribution in [-0.2, 0) is 4.74 Å². The third kappa shape index (κ3) is 4.68. The zero-order valence-electron chi connectivity index (χ0n) is 12.6. The predicted molar refractivity (Wildman–Crippen MR) is 98.0 cm³/mol. The normalized spacial score (nSPS) is 17.0. The average molecular weight is 423 g/mol. The molecule has 1 saturated heterocycles. The van der Waals surface area contributed by atoms with Crippen molar-refractivity contribution in [3.05, 3.63) is 57.7 Å². The maximum absolute atomic E-state index is 12.2. The third-order valence-electron chi connectivity index (χ3n) is 3.68. The van der Waals surface area contributed by atoms with E-state index in [2.05, 4.69) is 27.9 Å². The van der Waals surface area contributed by atoms with E-state index in [-0.39, 0.29) is 12.0 Å². The van der Waals surface area contributed by atoms with Gasteiger partial charge < -0.3 is 14.8 Å². The highest BCUT2D eigenvalue weighted by Gasteiger charge is 2.16. The lowest BCUT2D eigenvalue weighted by Crippen LogP contribution is -2.16. The lowest BCUT2D eigenvalue weighted by molar-refractivity contribution is 0.0679. The fraction of sp³-hybridized carbons (Fsp3) is 0.278. The van der Waals surface area contributed by atoms with Gasteiger partial charge in [-0.05, 0) is 84.0 Å². The third-order valence-corrected chi connectivity index (χ3v) is 4.40. The molecule has 1 aliphatic heterocycles. The molecule has 120 valence electrons. The van der Waals surface area contributed by atoms with Crippen molar-refractivity contribution < 1.29 is 14.3 Å². The minimum atomic E-state index is -0.128. The number of rotatable bonds is 5. The van der Waals surface area contributed by atoms with Crippen molar-refractivity contribution in [1.29, 1.82) is 0 Å². The van der Waals surface area contributed by atoms with Crippen LogP contribution in [0.15, 0.2) is 48.5 Å². The number of ether oxygens (including phenoxy) is 2. The molecule has 1 fully saturated rings. The molecule has 4 nitrogen and oxygen atoms in total. The van der Waals surface area contributed by atoms with Crippen molar-refractivity contribution in [2.45, 2.75) is 18.9 Å². The van der Waals surface area contributed by atoms with Crippen molar-refractivity contribution in [2.75, 3.05) is 18.5 Å². The summed E-state index contributed by atoms with van der Waals surface area (Å²) in [5.74, 6) is 0.628. The van der Waals surface area contributed by atoms with E-state index in [0.717, 1.165) is 34.5 Å². The summed E-state index contributed by atoms with van der Waals surface area (Å²) in [6, 6.07) is 14.9. The SMILES string of the molecule is O=C(Nc1ccc(I)cc1)c1ccc(OC[C@@H]2CCCO2)cc1. The molecular formula is C18H18INO3. The summed E-state index contributed by atoms with van der Waals surface area (Å²) >= 11 is 2.23. The van der Waals surface area contributed by atoms with Crippen molar-refractivity contribution in [2.24, 2.45) is 0 Å². The van der Waals surface area contributed by atoms with Gasteiger partial charge in [0, 0.05) is 21.4 Å². The van der Waals surface area contributed by atoms with E-state index in [1.165, 1.54) is 0 Å². The largest absolute Gasteiger partial charge is 0.491 e. The number of benzene rings is 2. The molecule has 23 heavy (non-hydrogen) atoms. The molecule has 0 saturated carbocycles. The summed E-state index contributed by atoms with van der Waals surface area (Å²) in [5.41, 5.74) is 1.39. The van der Waals surface area contributed by atoms with Gasteiger partial charge in [0.25, 0.3) is 5.91 Å². The molecule has 2 aromatic carbocycles. The summed E-state index contributed by atoms with van der Waals surface area (Å²) in [7, 11) is 0. The highest BCUT2D eigenvalue weighted by molar-refractivity contribution is 14.1. The van der Waals surface area contributed by atoms with E-state index in [9.17, 15) is 4.79 Å². The summed E-state index contributed by atoms with van der Waals surface area (Å²) in [6.45, 7) is 1.39. The van der Waals surface area contributed by atoms with Crippen molar-refractivity contribution in [3.63, 3.8) is 0 Å². The maximum atomic E-state index is 12.2. The van der Waals surface area contributed by atoms with Crippen LogP contribution in [0.3, 0.4) is 0 Å². The Bertz CT molecular complexity index is 649. The fourth-order valence-electron chi connectivity index (χ4n) is 2.40. The molecule has 1 N–H and O–H groups in total. The van der Waals surface area contributed by atoms with Crippen LogP contribution in [0.5, 0.6) is 5.75 Å². The maximum Gasteiger partial charge on any atom is 0.255 e. The zero-order valence-corrected chi connectivity index (χ0v) is 14.8. The summed E-state index contributed by atoms with van der Waals surface area (Å²) in [4.78, 5) is 12.2. The number of anilines is 1. The first kappa shape index (κ1) is 16.3. The topological polar surface area (TPSA) is 47.6 Å². The Morgan fingerprint density at radius 1 is 1.17 bits per heavy atom. The molecule has 1 heterocycles. The predicted octanol–water partition coefficient (Wildman–Crippen LogP) is 4.10. The van der Waals surface area contributed by atoms with Crippen LogP contribution >= 0.6 is 22.6 Å². The van der Waals surface area contributed by atoms with Gasteiger partial charge in [-0.3, -0.25) is 4.79 Å². The average Bonchev–Trinajstić information content (AvgIpc) is 3.09. The lowest BCUT2D eigenvalue weighted by Gasteiger charge is -2.11. The van der Waals surface area contributed by atoms with Crippen LogP contribution in [0.2, 0.25) is 0 Å². The van der Waals surface area contributed by atoms with Gasteiger partial charge in [0.1, 0.15) is 12.4 Å². The van der Waals surface area contributed by atoms with E-state index < -0.39 is 0 Å². The number of hydrogen-bond donors (Lipinski definition) is 1. The lowest BCUT2D eigenvalue weighted by atomic mass is 10.2. The Kier molecular flexibility index (Phi) is 5.51.